The summed E-state index contributed by atoms with van der Waals surface area (Å²) in [5.41, 5.74) is 0.194. The molecule has 0 radical (unpaired) electrons. The van der Waals surface area contributed by atoms with Crippen LogP contribution in [-0.2, 0) is 4.79 Å². The summed E-state index contributed by atoms with van der Waals surface area (Å²) in [5, 5.41) is 0. The highest BCUT2D eigenvalue weighted by molar-refractivity contribution is 6.32. The van der Waals surface area contributed by atoms with Crippen LogP contribution < -0.4 is 9.64 Å². The molecular weight excluding hydrogens is 493 g/mol. The van der Waals surface area contributed by atoms with Gasteiger partial charge in [-0.2, -0.15) is 0 Å². The van der Waals surface area contributed by atoms with E-state index >= 15 is 0 Å². The number of Topliss-reactive ketones (excluding diaryl/α,β-unsaturated/α-hetero) is 3. The number of carbonyl (C=O) groups excluding carboxylic acids is 3. The molecule has 2 aliphatic heterocycles. The SMILES string of the molecule is CCOc1ccccc1C1C(C(=O)C(C)(C)C)N2c3ccc(F)cc3C=CC2C12C(=O)c1ccccc1C2=O. The van der Waals surface area contributed by atoms with Gasteiger partial charge in [0.05, 0.1) is 18.7 Å². The molecule has 39 heavy (non-hydrogen) atoms. The van der Waals surface area contributed by atoms with Crippen molar-refractivity contribution < 1.29 is 23.5 Å². The third-order valence-electron chi connectivity index (χ3n) is 8.33. The fourth-order valence-corrected chi connectivity index (χ4v) is 6.76. The summed E-state index contributed by atoms with van der Waals surface area (Å²) in [6.45, 7) is 7.79. The predicted molar refractivity (Wildman–Crippen MR) is 148 cm³/mol. The molecule has 0 saturated carbocycles. The second-order valence-corrected chi connectivity index (χ2v) is 11.5. The van der Waals surface area contributed by atoms with E-state index < -0.39 is 34.6 Å². The van der Waals surface area contributed by atoms with Crippen molar-refractivity contribution in [1.82, 2.24) is 0 Å². The van der Waals surface area contributed by atoms with Gasteiger partial charge in [0, 0.05) is 39.3 Å². The Kier molecular flexibility index (Phi) is 5.65. The molecule has 1 saturated heterocycles. The lowest BCUT2D eigenvalue weighted by molar-refractivity contribution is -0.127. The van der Waals surface area contributed by atoms with Gasteiger partial charge in [0.1, 0.15) is 17.0 Å². The largest absolute Gasteiger partial charge is 0.494 e. The van der Waals surface area contributed by atoms with Crippen LogP contribution in [0.5, 0.6) is 5.75 Å². The summed E-state index contributed by atoms with van der Waals surface area (Å²) in [7, 11) is 0. The summed E-state index contributed by atoms with van der Waals surface area (Å²) in [4.78, 5) is 45.6. The lowest BCUT2D eigenvalue weighted by atomic mass is 9.63. The molecular formula is C33H30FNO4. The van der Waals surface area contributed by atoms with Crippen LogP contribution in [0.2, 0.25) is 0 Å². The lowest BCUT2D eigenvalue weighted by Gasteiger charge is -2.38. The molecule has 5 nitrogen and oxygen atoms in total. The van der Waals surface area contributed by atoms with Gasteiger partial charge >= 0.3 is 0 Å². The first-order valence-corrected chi connectivity index (χ1v) is 13.3. The molecule has 1 aliphatic carbocycles. The minimum atomic E-state index is -1.61. The van der Waals surface area contributed by atoms with Crippen molar-refractivity contribution in [2.75, 3.05) is 11.5 Å². The smallest absolute Gasteiger partial charge is 0.180 e. The molecule has 0 aromatic heterocycles. The monoisotopic (exact) mass is 523 g/mol. The number of ether oxygens (including phenoxy) is 1. The van der Waals surface area contributed by atoms with Crippen LogP contribution in [0.4, 0.5) is 10.1 Å². The maximum absolute atomic E-state index is 14.6. The van der Waals surface area contributed by atoms with Crippen molar-refractivity contribution in [3.8, 4) is 5.75 Å². The maximum atomic E-state index is 14.6. The lowest BCUT2D eigenvalue weighted by Crippen LogP contribution is -2.49. The number of hydrogen-bond donors (Lipinski definition) is 0. The molecule has 6 rings (SSSR count). The minimum Gasteiger partial charge on any atom is -0.494 e. The zero-order chi connectivity index (χ0) is 27.7. The number of hydrogen-bond acceptors (Lipinski definition) is 5. The van der Waals surface area contributed by atoms with Gasteiger partial charge < -0.3 is 9.64 Å². The van der Waals surface area contributed by atoms with Gasteiger partial charge in [-0.1, -0.05) is 75.4 Å². The van der Waals surface area contributed by atoms with Gasteiger partial charge in [0.15, 0.2) is 17.3 Å². The van der Waals surface area contributed by atoms with E-state index in [1.165, 1.54) is 12.1 Å². The molecule has 3 aliphatic rings. The van der Waals surface area contributed by atoms with E-state index in [4.69, 9.17) is 4.74 Å². The zero-order valence-corrected chi connectivity index (χ0v) is 22.4. The number of rotatable bonds is 4. The molecule has 3 unspecified atom stereocenters. The summed E-state index contributed by atoms with van der Waals surface area (Å²) < 4.78 is 20.3. The molecule has 3 aromatic carbocycles. The van der Waals surface area contributed by atoms with E-state index in [2.05, 4.69) is 0 Å². The standard InChI is InChI=1S/C33H30FNO4/c1-5-39-25-13-9-8-12-23(25)27-28(31(38)32(2,3)4)35-24-16-15-20(34)18-19(24)14-17-26(35)33(27)29(36)21-10-6-7-11-22(21)30(33)37/h6-18,26-28H,5H2,1-4H3. The van der Waals surface area contributed by atoms with Crippen LogP contribution in [-0.4, -0.2) is 36.0 Å². The maximum Gasteiger partial charge on any atom is 0.180 e. The fourth-order valence-electron chi connectivity index (χ4n) is 6.76. The first-order valence-electron chi connectivity index (χ1n) is 13.3. The van der Waals surface area contributed by atoms with Crippen molar-refractivity contribution >= 4 is 29.1 Å². The number of nitrogens with zero attached hydrogens (tertiary/aromatic N) is 1. The molecule has 0 N–H and O–H groups in total. The third kappa shape index (κ3) is 3.40. The first-order chi connectivity index (χ1) is 18.6. The Morgan fingerprint density at radius 2 is 1.62 bits per heavy atom. The molecule has 1 spiro atoms. The van der Waals surface area contributed by atoms with E-state index in [1.807, 2.05) is 56.9 Å². The van der Waals surface area contributed by atoms with Gasteiger partial charge in [-0.3, -0.25) is 14.4 Å². The molecule has 6 heteroatoms. The second-order valence-electron chi connectivity index (χ2n) is 11.5. The summed E-state index contributed by atoms with van der Waals surface area (Å²) in [6.07, 6.45) is 3.57. The van der Waals surface area contributed by atoms with Crippen molar-refractivity contribution in [2.24, 2.45) is 10.8 Å². The highest BCUT2D eigenvalue weighted by Gasteiger charge is 2.72. The molecule has 0 bridgehead atoms. The van der Waals surface area contributed by atoms with Crippen molar-refractivity contribution in [3.05, 3.63) is 101 Å². The van der Waals surface area contributed by atoms with E-state index in [-0.39, 0.29) is 17.3 Å². The summed E-state index contributed by atoms with van der Waals surface area (Å²) in [6, 6.07) is 17.0. The molecule has 0 amide bonds. The van der Waals surface area contributed by atoms with Gasteiger partial charge in [0.2, 0.25) is 0 Å². The highest BCUT2D eigenvalue weighted by Crippen LogP contribution is 2.62. The number of benzene rings is 3. The van der Waals surface area contributed by atoms with Gasteiger partial charge in [-0.15, -0.1) is 0 Å². The van der Waals surface area contributed by atoms with Gasteiger partial charge in [-0.25, -0.2) is 4.39 Å². The average molecular weight is 524 g/mol. The van der Waals surface area contributed by atoms with E-state index in [1.54, 1.807) is 42.5 Å². The Morgan fingerprint density at radius 3 is 2.26 bits per heavy atom. The number of fused-ring (bicyclic) bond motifs is 5. The van der Waals surface area contributed by atoms with Gasteiger partial charge in [-0.05, 0) is 31.2 Å². The topological polar surface area (TPSA) is 63.7 Å². The fraction of sp³-hybridized carbons (Fsp3) is 0.303. The molecule has 3 atom stereocenters. The zero-order valence-electron chi connectivity index (χ0n) is 22.4. The van der Waals surface area contributed by atoms with Crippen LogP contribution in [0.1, 0.15) is 65.5 Å². The molecule has 198 valence electrons. The highest BCUT2D eigenvalue weighted by atomic mass is 19.1. The normalized spacial score (nSPS) is 22.6. The van der Waals surface area contributed by atoms with Crippen molar-refractivity contribution in [2.45, 2.75) is 45.7 Å². The Bertz CT molecular complexity index is 1530. The summed E-state index contributed by atoms with van der Waals surface area (Å²) in [5.74, 6) is -1.41. The van der Waals surface area contributed by atoms with Crippen molar-refractivity contribution in [1.29, 1.82) is 0 Å². The quantitative estimate of drug-likeness (QED) is 0.377. The van der Waals surface area contributed by atoms with Gasteiger partial charge in [0.25, 0.3) is 0 Å². The molecule has 2 heterocycles. The molecule has 3 aromatic rings. The van der Waals surface area contributed by atoms with E-state index in [0.29, 0.717) is 40.3 Å². The summed E-state index contributed by atoms with van der Waals surface area (Å²) >= 11 is 0. The van der Waals surface area contributed by atoms with Crippen LogP contribution in [0.3, 0.4) is 0 Å². The number of ketones is 3. The second kappa shape index (κ2) is 8.73. The Labute approximate surface area is 227 Å². The van der Waals surface area contributed by atoms with Crippen LogP contribution >= 0.6 is 0 Å². The predicted octanol–water partition coefficient (Wildman–Crippen LogP) is 6.27. The number of carbonyl (C=O) groups is 3. The first kappa shape index (κ1) is 25.2. The van der Waals surface area contributed by atoms with E-state index in [9.17, 15) is 18.8 Å². The number of para-hydroxylation sites is 1. The Hall–Kier alpha value is -4.06. The number of halogens is 1. The van der Waals surface area contributed by atoms with E-state index in [0.717, 1.165) is 0 Å². The van der Waals surface area contributed by atoms with Crippen molar-refractivity contribution in [3.63, 3.8) is 0 Å². The number of anilines is 1. The minimum absolute atomic E-state index is 0.109. The third-order valence-corrected chi connectivity index (χ3v) is 8.33. The molecule has 1 fully saturated rings. The van der Waals surface area contributed by atoms with Crippen LogP contribution in [0.25, 0.3) is 6.08 Å². The Balaban J connectivity index is 1.72. The van der Waals surface area contributed by atoms with Crippen LogP contribution in [0.15, 0.2) is 72.8 Å². The Morgan fingerprint density at radius 1 is 0.974 bits per heavy atom. The average Bonchev–Trinajstić information content (AvgIpc) is 3.34. The van der Waals surface area contributed by atoms with Crippen LogP contribution in [0, 0.1) is 16.6 Å².